The van der Waals surface area contributed by atoms with Crippen LogP contribution in [0.3, 0.4) is 0 Å². The highest BCUT2D eigenvalue weighted by molar-refractivity contribution is 5.61. The number of nitrogen functional groups attached to an aromatic ring is 1. The highest BCUT2D eigenvalue weighted by Crippen LogP contribution is 2.30. The largest absolute Gasteiger partial charge is 0.440 e. The van der Waals surface area contributed by atoms with Gasteiger partial charge in [0.2, 0.25) is 0 Å². The minimum atomic E-state index is 0.383. The average molecular weight is 244 g/mol. The summed E-state index contributed by atoms with van der Waals surface area (Å²) < 4.78 is 11.2. The summed E-state index contributed by atoms with van der Waals surface area (Å²) in [6.45, 7) is 1.58. The number of nitrogens with zero attached hydrogens (tertiary/aromatic N) is 1. The molecule has 2 aromatic rings. The zero-order chi connectivity index (χ0) is 12.4. The minimum Gasteiger partial charge on any atom is -0.440 e. The van der Waals surface area contributed by atoms with E-state index in [9.17, 15) is 0 Å². The van der Waals surface area contributed by atoms with E-state index in [-0.39, 0.29) is 0 Å². The smallest absolute Gasteiger partial charge is 0.198 e. The summed E-state index contributed by atoms with van der Waals surface area (Å²) in [6, 6.07) is 7.65. The minimum absolute atomic E-state index is 0.383. The molecule has 3 rings (SSSR count). The quantitative estimate of drug-likeness (QED) is 0.825. The van der Waals surface area contributed by atoms with Crippen LogP contribution in [-0.4, -0.2) is 18.2 Å². The van der Waals surface area contributed by atoms with Gasteiger partial charge < -0.3 is 14.9 Å². The second-order valence-corrected chi connectivity index (χ2v) is 4.57. The van der Waals surface area contributed by atoms with E-state index in [0.29, 0.717) is 5.92 Å². The van der Waals surface area contributed by atoms with Gasteiger partial charge in [-0.25, -0.2) is 4.98 Å². The monoisotopic (exact) mass is 244 g/mol. The lowest BCUT2D eigenvalue weighted by atomic mass is 10.0. The second-order valence-electron chi connectivity index (χ2n) is 4.57. The van der Waals surface area contributed by atoms with Crippen molar-refractivity contribution >= 4 is 5.69 Å². The molecular formula is C14H16N2O2. The maximum atomic E-state index is 5.84. The number of aromatic nitrogens is 1. The van der Waals surface area contributed by atoms with E-state index >= 15 is 0 Å². The van der Waals surface area contributed by atoms with Gasteiger partial charge in [0.25, 0.3) is 0 Å². The van der Waals surface area contributed by atoms with Crippen LogP contribution in [0.2, 0.25) is 0 Å². The van der Waals surface area contributed by atoms with E-state index in [1.165, 1.54) is 0 Å². The molecule has 1 aromatic heterocycles. The van der Waals surface area contributed by atoms with Gasteiger partial charge >= 0.3 is 0 Å². The van der Waals surface area contributed by atoms with E-state index in [4.69, 9.17) is 14.9 Å². The van der Waals surface area contributed by atoms with Crippen molar-refractivity contribution in [1.82, 2.24) is 4.98 Å². The Morgan fingerprint density at radius 2 is 2.06 bits per heavy atom. The topological polar surface area (TPSA) is 61.3 Å². The standard InChI is InChI=1S/C14H16N2O2/c15-12-3-1-2-11(8-12)13-9-16-14(18-13)10-4-6-17-7-5-10/h1-3,8-10H,4-7,15H2. The first kappa shape index (κ1) is 11.3. The van der Waals surface area contributed by atoms with Crippen LogP contribution in [0, 0.1) is 0 Å². The van der Waals surface area contributed by atoms with Gasteiger partial charge in [0.15, 0.2) is 11.7 Å². The van der Waals surface area contributed by atoms with Gasteiger partial charge in [-0.05, 0) is 25.0 Å². The zero-order valence-electron chi connectivity index (χ0n) is 10.1. The molecule has 18 heavy (non-hydrogen) atoms. The fourth-order valence-electron chi connectivity index (χ4n) is 2.25. The van der Waals surface area contributed by atoms with Crippen LogP contribution < -0.4 is 5.73 Å². The maximum Gasteiger partial charge on any atom is 0.198 e. The third kappa shape index (κ3) is 2.24. The summed E-state index contributed by atoms with van der Waals surface area (Å²) in [5, 5.41) is 0. The van der Waals surface area contributed by atoms with Crippen LogP contribution in [0.4, 0.5) is 5.69 Å². The van der Waals surface area contributed by atoms with E-state index in [1.807, 2.05) is 24.3 Å². The Labute approximate surface area is 106 Å². The van der Waals surface area contributed by atoms with Crippen LogP contribution in [0.15, 0.2) is 34.9 Å². The van der Waals surface area contributed by atoms with Crippen LogP contribution in [0.1, 0.15) is 24.7 Å². The predicted molar refractivity (Wildman–Crippen MR) is 69.1 cm³/mol. The summed E-state index contributed by atoms with van der Waals surface area (Å²) in [7, 11) is 0. The third-order valence-electron chi connectivity index (χ3n) is 3.27. The Morgan fingerprint density at radius 3 is 2.83 bits per heavy atom. The number of hydrogen-bond donors (Lipinski definition) is 1. The first-order chi connectivity index (χ1) is 8.83. The molecule has 0 unspecified atom stereocenters. The Kier molecular flexibility index (Phi) is 3.02. The van der Waals surface area contributed by atoms with E-state index < -0.39 is 0 Å². The molecule has 94 valence electrons. The molecule has 1 aromatic carbocycles. The lowest BCUT2D eigenvalue weighted by Crippen LogP contribution is -2.14. The average Bonchev–Trinajstić information content (AvgIpc) is 2.89. The Hall–Kier alpha value is -1.81. The molecule has 0 atom stereocenters. The van der Waals surface area contributed by atoms with Gasteiger partial charge in [-0.15, -0.1) is 0 Å². The SMILES string of the molecule is Nc1cccc(-c2cnc(C3CCOCC3)o2)c1. The molecule has 0 aliphatic carbocycles. The number of anilines is 1. The third-order valence-corrected chi connectivity index (χ3v) is 3.27. The summed E-state index contributed by atoms with van der Waals surface area (Å²) in [5.41, 5.74) is 7.47. The van der Waals surface area contributed by atoms with Crippen LogP contribution in [-0.2, 0) is 4.74 Å². The van der Waals surface area contributed by atoms with Gasteiger partial charge in [-0.2, -0.15) is 0 Å². The highest BCUT2D eigenvalue weighted by Gasteiger charge is 2.21. The normalized spacial score (nSPS) is 16.9. The van der Waals surface area contributed by atoms with Gasteiger partial charge in [-0.3, -0.25) is 0 Å². The molecule has 0 radical (unpaired) electrons. The summed E-state index contributed by atoms with van der Waals surface area (Å²) in [6.07, 6.45) is 3.74. The number of hydrogen-bond acceptors (Lipinski definition) is 4. The molecule has 1 fully saturated rings. The van der Waals surface area contributed by atoms with Crippen molar-refractivity contribution in [2.24, 2.45) is 0 Å². The van der Waals surface area contributed by atoms with E-state index in [1.54, 1.807) is 6.20 Å². The molecule has 2 heterocycles. The Bertz CT molecular complexity index is 530. The fraction of sp³-hybridized carbons (Fsp3) is 0.357. The van der Waals surface area contributed by atoms with Gasteiger partial charge in [-0.1, -0.05) is 12.1 Å². The number of nitrogens with two attached hydrogens (primary N) is 1. The van der Waals surface area contributed by atoms with Gasteiger partial charge in [0, 0.05) is 30.4 Å². The molecule has 0 spiro atoms. The molecule has 2 N–H and O–H groups in total. The molecular weight excluding hydrogens is 228 g/mol. The van der Waals surface area contributed by atoms with Crippen molar-refractivity contribution < 1.29 is 9.15 Å². The van der Waals surface area contributed by atoms with Crippen LogP contribution >= 0.6 is 0 Å². The van der Waals surface area contributed by atoms with Gasteiger partial charge in [0.05, 0.1) is 6.20 Å². The molecule has 0 saturated carbocycles. The van der Waals surface area contributed by atoms with Crippen molar-refractivity contribution in [2.45, 2.75) is 18.8 Å². The fourth-order valence-corrected chi connectivity index (χ4v) is 2.25. The molecule has 4 heteroatoms. The Morgan fingerprint density at radius 1 is 1.22 bits per heavy atom. The van der Waals surface area contributed by atoms with Crippen LogP contribution in [0.25, 0.3) is 11.3 Å². The number of oxazole rings is 1. The predicted octanol–water partition coefficient (Wildman–Crippen LogP) is 2.82. The first-order valence-corrected chi connectivity index (χ1v) is 6.22. The lowest BCUT2D eigenvalue weighted by Gasteiger charge is -2.18. The maximum absolute atomic E-state index is 5.84. The first-order valence-electron chi connectivity index (χ1n) is 6.22. The number of rotatable bonds is 2. The molecule has 0 bridgehead atoms. The number of ether oxygens (including phenoxy) is 1. The zero-order valence-corrected chi connectivity index (χ0v) is 10.1. The van der Waals surface area contributed by atoms with E-state index in [2.05, 4.69) is 4.98 Å². The number of benzene rings is 1. The van der Waals surface area contributed by atoms with Crippen LogP contribution in [0.5, 0.6) is 0 Å². The lowest BCUT2D eigenvalue weighted by molar-refractivity contribution is 0.0796. The molecule has 1 aliphatic heterocycles. The van der Waals surface area contributed by atoms with Crippen molar-refractivity contribution in [1.29, 1.82) is 0 Å². The summed E-state index contributed by atoms with van der Waals surface area (Å²) in [5.74, 6) is 1.98. The van der Waals surface area contributed by atoms with Crippen molar-refractivity contribution in [2.75, 3.05) is 18.9 Å². The van der Waals surface area contributed by atoms with Crippen molar-refractivity contribution in [3.8, 4) is 11.3 Å². The van der Waals surface area contributed by atoms with Gasteiger partial charge in [0.1, 0.15) is 0 Å². The Balaban J connectivity index is 1.84. The van der Waals surface area contributed by atoms with E-state index in [0.717, 1.165) is 49.0 Å². The highest BCUT2D eigenvalue weighted by atomic mass is 16.5. The van der Waals surface area contributed by atoms with Crippen molar-refractivity contribution in [3.63, 3.8) is 0 Å². The van der Waals surface area contributed by atoms with Crippen molar-refractivity contribution in [3.05, 3.63) is 36.4 Å². The molecule has 1 aliphatic rings. The molecule has 4 nitrogen and oxygen atoms in total. The second kappa shape index (κ2) is 4.82. The summed E-state index contributed by atoms with van der Waals surface area (Å²) >= 11 is 0. The summed E-state index contributed by atoms with van der Waals surface area (Å²) in [4.78, 5) is 4.38. The molecule has 0 amide bonds. The molecule has 1 saturated heterocycles.